The fraction of sp³-hybridized carbons (Fsp3) is 0.306. The summed E-state index contributed by atoms with van der Waals surface area (Å²) in [5.74, 6) is 3.02. The molecule has 2 fully saturated rings. The van der Waals surface area contributed by atoms with E-state index in [0.717, 1.165) is 65.8 Å². The van der Waals surface area contributed by atoms with Crippen LogP contribution in [0.5, 0.6) is 0 Å². The predicted molar refractivity (Wildman–Crippen MR) is 179 cm³/mol. The molecular weight excluding hydrogens is 572 g/mol. The summed E-state index contributed by atoms with van der Waals surface area (Å²) in [6, 6.07) is 23.7. The smallest absolute Gasteiger partial charge is 0.167 e. The van der Waals surface area contributed by atoms with Gasteiger partial charge in [0.05, 0.1) is 5.56 Å². The molecule has 2 aliphatic carbocycles. The number of benzene rings is 1. The van der Waals surface area contributed by atoms with Crippen LogP contribution in [0.1, 0.15) is 49.3 Å². The van der Waals surface area contributed by atoms with E-state index in [-0.39, 0.29) is 0 Å². The van der Waals surface area contributed by atoms with Gasteiger partial charge in [0.1, 0.15) is 17.2 Å². The van der Waals surface area contributed by atoms with Gasteiger partial charge in [0.25, 0.3) is 0 Å². The molecule has 0 unspecified atom stereocenters. The molecule has 5 aromatic heterocycles. The van der Waals surface area contributed by atoms with Gasteiger partial charge in [-0.05, 0) is 104 Å². The van der Waals surface area contributed by atoms with Gasteiger partial charge in [-0.25, -0.2) is 24.6 Å². The van der Waals surface area contributed by atoms with Crippen LogP contribution < -0.4 is 16.0 Å². The van der Waals surface area contributed by atoms with Gasteiger partial charge in [-0.3, -0.25) is 4.57 Å². The van der Waals surface area contributed by atoms with Gasteiger partial charge in [-0.1, -0.05) is 12.1 Å². The average molecular weight is 609 g/mol. The summed E-state index contributed by atoms with van der Waals surface area (Å²) in [5, 5.41) is 8.46. The molecule has 3 aliphatic rings. The monoisotopic (exact) mass is 608 g/mol. The first-order valence-corrected chi connectivity index (χ1v) is 16.3. The second-order valence-electron chi connectivity index (χ2n) is 13.1. The number of nitrogens with one attached hydrogen (secondary N) is 1. The molecule has 10 nitrogen and oxygen atoms in total. The van der Waals surface area contributed by atoms with Gasteiger partial charge in [0.15, 0.2) is 17.3 Å². The van der Waals surface area contributed by atoms with Gasteiger partial charge >= 0.3 is 0 Å². The number of hydrogen-bond donors (Lipinski definition) is 2. The molecule has 6 aromatic rings. The second kappa shape index (κ2) is 10.8. The summed E-state index contributed by atoms with van der Waals surface area (Å²) in [5.41, 5.74) is 13.0. The van der Waals surface area contributed by atoms with Crippen molar-refractivity contribution in [1.82, 2.24) is 39.6 Å². The molecule has 1 atom stereocenters. The summed E-state index contributed by atoms with van der Waals surface area (Å²) >= 11 is 0. The molecule has 0 bridgehead atoms. The highest BCUT2D eigenvalue weighted by atomic mass is 15.3. The number of nitrogens with two attached hydrogens (primary N) is 1. The van der Waals surface area contributed by atoms with E-state index in [2.05, 4.69) is 60.2 Å². The van der Waals surface area contributed by atoms with Gasteiger partial charge in [0, 0.05) is 61.1 Å². The standard InChI is InChI=1S/C36H36N10/c37-33-28(5-3-18-39-33)34-42-30-11-12-32(45-20-4-19-40-45)43-35(30)46(34)26-8-9-27-24(21-26)7-10-29(27)41-25-13-15-36(16-14-25)22-44(23-36)31-6-1-2-17-38-31/h1-6,8-9,11-12,17-21,25,29,41H,7,10,13-16,22-23H2,(H2,37,39)/t29-/m0/s1. The van der Waals surface area contributed by atoms with Gasteiger partial charge in [0.2, 0.25) is 0 Å². The van der Waals surface area contributed by atoms with Crippen molar-refractivity contribution in [1.29, 1.82) is 0 Å². The molecule has 1 aliphatic heterocycles. The highest BCUT2D eigenvalue weighted by molar-refractivity contribution is 5.83. The minimum Gasteiger partial charge on any atom is -0.383 e. The molecule has 9 rings (SSSR count). The Morgan fingerprint density at radius 1 is 0.826 bits per heavy atom. The second-order valence-corrected chi connectivity index (χ2v) is 13.1. The van der Waals surface area contributed by atoms with Crippen molar-refractivity contribution in [3.8, 4) is 22.9 Å². The summed E-state index contributed by atoms with van der Waals surface area (Å²) in [7, 11) is 0. The Balaban J connectivity index is 0.971. The molecule has 0 radical (unpaired) electrons. The number of aromatic nitrogens is 7. The van der Waals surface area contributed by atoms with Crippen molar-refractivity contribution in [2.45, 2.75) is 50.6 Å². The van der Waals surface area contributed by atoms with Crippen molar-refractivity contribution < 1.29 is 0 Å². The van der Waals surface area contributed by atoms with E-state index in [1.54, 1.807) is 17.1 Å². The van der Waals surface area contributed by atoms with Gasteiger partial charge in [-0.2, -0.15) is 5.10 Å². The number of rotatable bonds is 6. The molecule has 0 amide bonds. The highest BCUT2D eigenvalue weighted by Gasteiger charge is 2.45. The quantitative estimate of drug-likeness (QED) is 0.249. The number of nitrogens with zero attached hydrogens (tertiary/aromatic N) is 8. The molecule has 6 heterocycles. The summed E-state index contributed by atoms with van der Waals surface area (Å²) in [4.78, 5) is 21.4. The number of imidazole rings is 1. The van der Waals surface area contributed by atoms with Gasteiger partial charge < -0.3 is 16.0 Å². The average Bonchev–Trinajstić information content (AvgIpc) is 3.84. The van der Waals surface area contributed by atoms with Crippen molar-refractivity contribution in [2.75, 3.05) is 23.7 Å². The van der Waals surface area contributed by atoms with E-state index < -0.39 is 0 Å². The number of fused-ring (bicyclic) bond motifs is 2. The van der Waals surface area contributed by atoms with Crippen molar-refractivity contribution in [3.63, 3.8) is 0 Å². The first-order chi connectivity index (χ1) is 22.6. The third-order valence-electron chi connectivity index (χ3n) is 10.3. The van der Waals surface area contributed by atoms with E-state index in [9.17, 15) is 0 Å². The lowest BCUT2D eigenvalue weighted by molar-refractivity contribution is 0.116. The largest absolute Gasteiger partial charge is 0.383 e. The molecule has 1 spiro atoms. The molecular formula is C36H36N10. The van der Waals surface area contributed by atoms with E-state index in [4.69, 9.17) is 15.7 Å². The Kier molecular flexibility index (Phi) is 6.38. The van der Waals surface area contributed by atoms with Crippen molar-refractivity contribution >= 4 is 22.8 Å². The maximum Gasteiger partial charge on any atom is 0.167 e. The third-order valence-corrected chi connectivity index (χ3v) is 10.3. The van der Waals surface area contributed by atoms with Crippen LogP contribution in [0.15, 0.2) is 91.5 Å². The minimum absolute atomic E-state index is 0.382. The van der Waals surface area contributed by atoms with Crippen molar-refractivity contribution in [3.05, 3.63) is 103 Å². The summed E-state index contributed by atoms with van der Waals surface area (Å²) in [6.07, 6.45) is 14.5. The number of anilines is 2. The maximum atomic E-state index is 6.38. The molecule has 46 heavy (non-hydrogen) atoms. The van der Waals surface area contributed by atoms with E-state index in [1.807, 2.05) is 48.8 Å². The van der Waals surface area contributed by atoms with E-state index in [0.29, 0.717) is 23.3 Å². The number of pyridine rings is 3. The Bertz CT molecular complexity index is 2020. The van der Waals surface area contributed by atoms with Crippen molar-refractivity contribution in [2.24, 2.45) is 5.41 Å². The Labute approximate surface area is 267 Å². The third kappa shape index (κ3) is 4.63. The normalized spacial score (nSPS) is 19.0. The Hall–Kier alpha value is -5.09. The van der Waals surface area contributed by atoms with E-state index >= 15 is 0 Å². The first kappa shape index (κ1) is 27.2. The fourth-order valence-electron chi connectivity index (χ4n) is 7.89. The molecule has 3 N–H and O–H groups in total. The van der Waals surface area contributed by atoms with Crippen LogP contribution in [0.4, 0.5) is 11.6 Å². The zero-order chi connectivity index (χ0) is 30.7. The molecule has 1 saturated heterocycles. The highest BCUT2D eigenvalue weighted by Crippen LogP contribution is 2.46. The van der Waals surface area contributed by atoms with Crippen LogP contribution >= 0.6 is 0 Å². The maximum absolute atomic E-state index is 6.38. The molecule has 230 valence electrons. The first-order valence-electron chi connectivity index (χ1n) is 16.3. The van der Waals surface area contributed by atoms with Crippen LogP contribution in [0.2, 0.25) is 0 Å². The fourth-order valence-corrected chi connectivity index (χ4v) is 7.89. The van der Waals surface area contributed by atoms with Crippen LogP contribution in [0.25, 0.3) is 34.1 Å². The SMILES string of the molecule is Nc1ncccc1-c1nc2ccc(-n3cccn3)nc2n1-c1ccc2c(c1)CC[C@@H]2NC1CCC2(CC1)CN(c1ccccn1)C2. The Morgan fingerprint density at radius 3 is 2.52 bits per heavy atom. The van der Waals surface area contributed by atoms with Crippen LogP contribution in [-0.4, -0.2) is 53.4 Å². The molecule has 1 aromatic carbocycles. The number of nitrogen functional groups attached to an aromatic ring is 1. The number of aryl methyl sites for hydroxylation is 1. The van der Waals surface area contributed by atoms with Crippen LogP contribution in [0.3, 0.4) is 0 Å². The van der Waals surface area contributed by atoms with Crippen LogP contribution in [0, 0.1) is 5.41 Å². The number of hydrogen-bond acceptors (Lipinski definition) is 8. The lowest BCUT2D eigenvalue weighted by atomic mass is 9.67. The lowest BCUT2D eigenvalue weighted by Gasteiger charge is -2.54. The zero-order valence-electron chi connectivity index (χ0n) is 25.6. The summed E-state index contributed by atoms with van der Waals surface area (Å²) in [6.45, 7) is 2.28. The topological polar surface area (TPSA) is 116 Å². The van der Waals surface area contributed by atoms with Gasteiger partial charge in [-0.15, -0.1) is 0 Å². The lowest BCUT2D eigenvalue weighted by Crippen LogP contribution is -2.59. The van der Waals surface area contributed by atoms with Crippen LogP contribution in [-0.2, 0) is 6.42 Å². The predicted octanol–water partition coefficient (Wildman–Crippen LogP) is 5.67. The molecule has 10 heteroatoms. The molecule has 1 saturated carbocycles. The Morgan fingerprint density at radius 2 is 1.72 bits per heavy atom. The zero-order valence-corrected chi connectivity index (χ0v) is 25.6. The minimum atomic E-state index is 0.382. The summed E-state index contributed by atoms with van der Waals surface area (Å²) < 4.78 is 3.88. The van der Waals surface area contributed by atoms with E-state index in [1.165, 1.54) is 36.8 Å².